The van der Waals surface area contributed by atoms with Crippen LogP contribution in [-0.4, -0.2) is 40.0 Å². The van der Waals surface area contributed by atoms with Crippen molar-refractivity contribution in [1.29, 1.82) is 0 Å². The van der Waals surface area contributed by atoms with Gasteiger partial charge in [-0.1, -0.05) is 12.1 Å². The molecule has 0 unspecified atom stereocenters. The Morgan fingerprint density at radius 2 is 1.81 bits per heavy atom. The minimum absolute atomic E-state index is 0.0399. The number of aryl methyl sites for hydroxylation is 1. The predicted octanol–water partition coefficient (Wildman–Crippen LogP) is 5.66. The summed E-state index contributed by atoms with van der Waals surface area (Å²) < 4.78 is 6.10. The normalized spacial score (nSPS) is 12.4. The van der Waals surface area contributed by atoms with Gasteiger partial charge in [0.25, 0.3) is 11.8 Å². The van der Waals surface area contributed by atoms with Gasteiger partial charge in [-0.2, -0.15) is 0 Å². The molecule has 4 aromatic rings. The zero-order valence-corrected chi connectivity index (χ0v) is 24.6. The third-order valence-electron chi connectivity index (χ3n) is 6.87. The lowest BCUT2D eigenvalue weighted by Crippen LogP contribution is -2.41. The first-order valence-corrected chi connectivity index (χ1v) is 14.4. The van der Waals surface area contributed by atoms with Gasteiger partial charge in [-0.05, 0) is 86.2 Å². The zero-order chi connectivity index (χ0) is 30.2. The van der Waals surface area contributed by atoms with Crippen molar-refractivity contribution in [3.63, 3.8) is 0 Å². The molecule has 9 nitrogen and oxygen atoms in total. The van der Waals surface area contributed by atoms with E-state index in [1.165, 1.54) is 12.1 Å². The van der Waals surface area contributed by atoms with E-state index in [0.29, 0.717) is 36.6 Å². The highest BCUT2D eigenvalue weighted by molar-refractivity contribution is 7.13. The van der Waals surface area contributed by atoms with Gasteiger partial charge in [0, 0.05) is 51.3 Å². The van der Waals surface area contributed by atoms with Crippen molar-refractivity contribution in [2.75, 3.05) is 11.9 Å². The number of thiophene rings is 1. The number of aromatic nitrogens is 1. The van der Waals surface area contributed by atoms with Crippen LogP contribution in [-0.2, 0) is 13.0 Å². The average Bonchev–Trinajstić information content (AvgIpc) is 3.33. The fraction of sp³-hybridized carbons (Fsp3) is 0.250. The number of ether oxygens (including phenoxy) is 1. The zero-order valence-electron chi connectivity index (χ0n) is 23.8. The Kier molecular flexibility index (Phi) is 7.85. The summed E-state index contributed by atoms with van der Waals surface area (Å²) in [5.41, 5.74) is 9.88. The molecule has 0 bridgehead atoms. The van der Waals surface area contributed by atoms with Gasteiger partial charge in [0.2, 0.25) is 0 Å². The number of hydrogen-bond donors (Lipinski definition) is 4. The fourth-order valence-corrected chi connectivity index (χ4v) is 5.86. The number of hydrogen-bond acceptors (Lipinski definition) is 7. The monoisotopic (exact) mass is 584 g/mol. The number of carboxylic acid groups (broad SMARTS) is 1. The van der Waals surface area contributed by atoms with Crippen LogP contribution >= 0.6 is 11.3 Å². The average molecular weight is 585 g/mol. The van der Waals surface area contributed by atoms with Crippen molar-refractivity contribution in [2.24, 2.45) is 5.73 Å². The molecule has 5 rings (SSSR count). The standard InChI is InChI=1S/C32H32N4O5S/c1-17-13-18(16-33)5-7-24(17)35-29(37)22-14-23-26(41-11-9-19-10-12-42-28(19)23)15-21(22)20-6-8-25(34-27(20)31(39)40)30(38)36-32(2,3)4/h5-8,10,12-15H,9,11,16,33H2,1-4H3,(H,35,37)(H,36,38)(H,39,40). The van der Waals surface area contributed by atoms with Gasteiger partial charge in [0.05, 0.1) is 6.61 Å². The highest BCUT2D eigenvalue weighted by Gasteiger charge is 2.27. The SMILES string of the molecule is Cc1cc(CN)ccc1NC(=O)c1cc2c(cc1-c1ccc(C(=O)NC(C)(C)C)nc1C(=O)O)OCCc1ccsc1-2. The Hall–Kier alpha value is -4.54. The molecule has 5 N–H and O–H groups in total. The van der Waals surface area contributed by atoms with Gasteiger partial charge < -0.3 is 26.2 Å². The number of rotatable bonds is 6. The molecular formula is C32H32N4O5S. The van der Waals surface area contributed by atoms with Crippen molar-refractivity contribution in [1.82, 2.24) is 10.3 Å². The van der Waals surface area contributed by atoms with Crippen LogP contribution in [0.4, 0.5) is 5.69 Å². The lowest BCUT2D eigenvalue weighted by atomic mass is 9.93. The van der Waals surface area contributed by atoms with E-state index in [1.54, 1.807) is 29.5 Å². The number of anilines is 1. The molecule has 2 amide bonds. The number of fused-ring (bicyclic) bond motifs is 3. The topological polar surface area (TPSA) is 144 Å². The molecule has 0 spiro atoms. The van der Waals surface area contributed by atoms with Gasteiger partial charge in [0.15, 0.2) is 5.69 Å². The van der Waals surface area contributed by atoms with Crippen molar-refractivity contribution in [3.8, 4) is 27.3 Å². The fourth-order valence-electron chi connectivity index (χ4n) is 4.88. The molecule has 2 aromatic carbocycles. The lowest BCUT2D eigenvalue weighted by Gasteiger charge is -2.21. The van der Waals surface area contributed by atoms with Crippen LogP contribution in [0, 0.1) is 6.92 Å². The number of carbonyl (C=O) groups is 3. The third-order valence-corrected chi connectivity index (χ3v) is 7.86. The summed E-state index contributed by atoms with van der Waals surface area (Å²) in [6.07, 6.45) is 0.705. The van der Waals surface area contributed by atoms with E-state index in [-0.39, 0.29) is 22.5 Å². The molecule has 1 aliphatic heterocycles. The van der Waals surface area contributed by atoms with Gasteiger partial charge in [-0.3, -0.25) is 9.59 Å². The van der Waals surface area contributed by atoms with E-state index in [1.807, 2.05) is 51.3 Å². The first kappa shape index (κ1) is 29.0. The molecule has 0 atom stereocenters. The number of carbonyl (C=O) groups excluding carboxylic acids is 2. The van der Waals surface area contributed by atoms with Gasteiger partial charge in [0.1, 0.15) is 11.4 Å². The number of nitrogens with one attached hydrogen (secondary N) is 2. The largest absolute Gasteiger partial charge is 0.493 e. The Morgan fingerprint density at radius 1 is 1.02 bits per heavy atom. The number of aromatic carboxylic acids is 1. The molecule has 1 aliphatic rings. The third kappa shape index (κ3) is 5.90. The molecule has 3 heterocycles. The summed E-state index contributed by atoms with van der Waals surface area (Å²) in [5.74, 6) is -1.71. The molecule has 10 heteroatoms. The van der Waals surface area contributed by atoms with E-state index >= 15 is 0 Å². The van der Waals surface area contributed by atoms with Gasteiger partial charge >= 0.3 is 5.97 Å². The maximum absolute atomic E-state index is 13.9. The van der Waals surface area contributed by atoms with Crippen LogP contribution in [0.1, 0.15) is 68.8 Å². The number of nitrogens with two attached hydrogens (primary N) is 1. The van der Waals surface area contributed by atoms with Gasteiger partial charge in [-0.15, -0.1) is 11.3 Å². The molecule has 0 saturated heterocycles. The van der Waals surface area contributed by atoms with E-state index < -0.39 is 23.3 Å². The maximum Gasteiger partial charge on any atom is 0.355 e. The molecule has 216 valence electrons. The highest BCUT2D eigenvalue weighted by atomic mass is 32.1. The van der Waals surface area contributed by atoms with E-state index in [9.17, 15) is 19.5 Å². The summed E-state index contributed by atoms with van der Waals surface area (Å²) in [5, 5.41) is 18.0. The summed E-state index contributed by atoms with van der Waals surface area (Å²) >= 11 is 1.56. The maximum atomic E-state index is 13.9. The Labute approximate surface area is 247 Å². The van der Waals surface area contributed by atoms with Crippen LogP contribution in [0.5, 0.6) is 5.75 Å². The second-order valence-corrected chi connectivity index (χ2v) is 12.1. The molecule has 2 aromatic heterocycles. The first-order valence-electron chi connectivity index (χ1n) is 13.5. The first-order chi connectivity index (χ1) is 19.9. The summed E-state index contributed by atoms with van der Waals surface area (Å²) in [6.45, 7) is 8.16. The molecule has 42 heavy (non-hydrogen) atoms. The number of amides is 2. The van der Waals surface area contributed by atoms with Crippen LogP contribution in [0.25, 0.3) is 21.6 Å². The predicted molar refractivity (Wildman–Crippen MR) is 163 cm³/mol. The lowest BCUT2D eigenvalue weighted by molar-refractivity contribution is 0.0691. The van der Waals surface area contributed by atoms with Crippen LogP contribution in [0.3, 0.4) is 0 Å². The molecule has 0 saturated carbocycles. The van der Waals surface area contributed by atoms with Crippen molar-refractivity contribution < 1.29 is 24.2 Å². The quantitative estimate of drug-likeness (QED) is 0.229. The molecule has 0 radical (unpaired) electrons. The van der Waals surface area contributed by atoms with Crippen LogP contribution < -0.4 is 21.1 Å². The van der Waals surface area contributed by atoms with Crippen molar-refractivity contribution >= 4 is 34.8 Å². The number of carboxylic acids is 1. The molecule has 0 aliphatic carbocycles. The summed E-state index contributed by atoms with van der Waals surface area (Å²) in [4.78, 5) is 44.4. The van der Waals surface area contributed by atoms with Crippen LogP contribution in [0.15, 0.2) is 53.9 Å². The second-order valence-electron chi connectivity index (χ2n) is 11.2. The number of nitrogens with zero attached hydrogens (tertiary/aromatic N) is 1. The Balaban J connectivity index is 1.67. The number of benzene rings is 2. The van der Waals surface area contributed by atoms with Crippen molar-refractivity contribution in [2.45, 2.75) is 46.2 Å². The highest BCUT2D eigenvalue weighted by Crippen LogP contribution is 2.43. The summed E-state index contributed by atoms with van der Waals surface area (Å²) in [6, 6.07) is 14.0. The van der Waals surface area contributed by atoms with Gasteiger partial charge in [-0.25, -0.2) is 9.78 Å². The Bertz CT molecular complexity index is 1720. The number of pyridine rings is 1. The van der Waals surface area contributed by atoms with E-state index in [4.69, 9.17) is 10.5 Å². The minimum atomic E-state index is -1.33. The van der Waals surface area contributed by atoms with E-state index in [2.05, 4.69) is 15.6 Å². The minimum Gasteiger partial charge on any atom is -0.493 e. The smallest absolute Gasteiger partial charge is 0.355 e. The molecular weight excluding hydrogens is 552 g/mol. The van der Waals surface area contributed by atoms with E-state index in [0.717, 1.165) is 27.1 Å². The Morgan fingerprint density at radius 3 is 2.50 bits per heavy atom. The molecule has 0 fully saturated rings. The summed E-state index contributed by atoms with van der Waals surface area (Å²) in [7, 11) is 0. The van der Waals surface area contributed by atoms with Crippen LogP contribution in [0.2, 0.25) is 0 Å². The second kappa shape index (κ2) is 11.4. The van der Waals surface area contributed by atoms with Crippen molar-refractivity contribution in [3.05, 3.63) is 87.6 Å².